The summed E-state index contributed by atoms with van der Waals surface area (Å²) in [5.41, 5.74) is 9.13. The van der Waals surface area contributed by atoms with Crippen LogP contribution in [-0.4, -0.2) is 127 Å². The number of aryl methyl sites for hydroxylation is 4. The van der Waals surface area contributed by atoms with Gasteiger partial charge in [-0.3, -0.25) is 19.2 Å². The standard InChI is InChI=1S/C26H31N3O2S.C26H27N3O2S.C25H29N3O3S.C17H20BrN3OS.C9H8O.CH4.CH3.Pd.H2/c2*1-4-19-13-21(11-17(19)2)29-26-22(14-27-16-28-26)25(30)24-12-18(15-32-24)9-10-20-7-5-6-8-23(20)31-3;1-16-9-20(11-19(16)13-29)28-25-21(12-26-15-27-25)24(30)23-10-17(14-32-23)7-8-18-5-3-4-6-22(18)31-2;1-3-11-5-13(4-10(11)2)21-17-14(7-19-9-20-17)16(22)15-6-12(18)8-23-15;1-3-8-6-4-5-7-9(8)10-2;;;;/h5-8,12,14-17,19,21H,4,9-11,13H2,1-3H3,(H,27,28,29);5-8,12,14-17,19,21H,4,11,13H2,1-3H3,(H,27,28,29);3-6,10,12,14-16,19-20,29H,7-9,11,13H2,1-2H3,(H,26,27,28);6-11,13H,3-5H2,1-2H3,(H,19,20,21);1,4-7H,2H3;1H4;1H3;;1H/q;;;;;;-1;;/t2*17-,19-,21-;16-,19+,20-;10-,11-,13-;;;;;/m0000...../s1. The molecule has 4 aliphatic carbocycles. The summed E-state index contributed by atoms with van der Waals surface area (Å²) in [6.45, 7) is 16.0. The average molecular weight is 2010 g/mol. The molecule has 16 rings (SSSR count). The molecule has 0 radical (unpaired) electrons. The van der Waals surface area contributed by atoms with Crippen LogP contribution in [0.5, 0.6) is 23.0 Å². The van der Waals surface area contributed by atoms with Crippen LogP contribution >= 0.6 is 61.3 Å². The van der Waals surface area contributed by atoms with Gasteiger partial charge in [-0.2, -0.15) is 0 Å². The van der Waals surface area contributed by atoms with Gasteiger partial charge in [-0.25, -0.2) is 39.9 Å². The van der Waals surface area contributed by atoms with E-state index in [0.717, 1.165) is 161 Å². The molecule has 27 heteroatoms. The van der Waals surface area contributed by atoms with Gasteiger partial charge >= 0.3 is 0 Å². The Balaban J connectivity index is 0.000000210. The molecule has 12 atom stereocenters. The van der Waals surface area contributed by atoms with Crippen LogP contribution < -0.4 is 40.2 Å². The number of methoxy groups -OCH3 is 4. The van der Waals surface area contributed by atoms with Crippen LogP contribution in [0.2, 0.25) is 0 Å². The average Bonchev–Trinajstić information content (AvgIpc) is 1.74. The van der Waals surface area contributed by atoms with Crippen LogP contribution in [0.3, 0.4) is 0 Å². The minimum atomic E-state index is -0.0819. The number of aliphatic hydroxyl groups excluding tert-OH is 1. The molecular formula is C105H124BrN12O9PdS4-. The van der Waals surface area contributed by atoms with Gasteiger partial charge < -0.3 is 52.7 Å². The van der Waals surface area contributed by atoms with Crippen LogP contribution in [0.1, 0.15) is 228 Å². The van der Waals surface area contributed by atoms with Crippen molar-refractivity contribution in [1.29, 1.82) is 0 Å². The molecule has 5 N–H and O–H groups in total. The molecule has 0 spiro atoms. The summed E-state index contributed by atoms with van der Waals surface area (Å²) in [5.74, 6) is 19.4. The van der Waals surface area contributed by atoms with E-state index in [1.54, 1.807) is 53.2 Å². The van der Waals surface area contributed by atoms with Crippen molar-refractivity contribution in [2.24, 2.45) is 47.3 Å². The molecule has 0 aliphatic heterocycles. The third-order valence-corrected chi connectivity index (χ3v) is 29.6. The van der Waals surface area contributed by atoms with E-state index in [1.807, 2.05) is 125 Å². The van der Waals surface area contributed by atoms with E-state index in [-0.39, 0.29) is 78.4 Å². The maximum atomic E-state index is 13.3. The zero-order valence-electron chi connectivity index (χ0n) is 76.4. The predicted molar refractivity (Wildman–Crippen MR) is 538 cm³/mol. The molecular weight excluding hydrogens is 1890 g/mol. The Morgan fingerprint density at radius 1 is 0.432 bits per heavy atom. The number of ketones is 4. The summed E-state index contributed by atoms with van der Waals surface area (Å²) in [6.07, 6.45) is 33.2. The minimum absolute atomic E-state index is 0. The molecule has 0 unspecified atom stereocenters. The molecule has 8 heterocycles. The van der Waals surface area contributed by atoms with Crippen LogP contribution in [-0.2, 0) is 46.1 Å². The molecule has 4 aliphatic rings. The number of hydrogen-bond acceptors (Lipinski definition) is 25. The van der Waals surface area contributed by atoms with Gasteiger partial charge in [-0.05, 0) is 234 Å². The third kappa shape index (κ3) is 28.4. The largest absolute Gasteiger partial charge is 0.496 e. The van der Waals surface area contributed by atoms with Gasteiger partial charge in [-0.1, -0.05) is 154 Å². The number of rotatable bonds is 30. The summed E-state index contributed by atoms with van der Waals surface area (Å²) in [6, 6.07) is 40.1. The summed E-state index contributed by atoms with van der Waals surface area (Å²) in [5, 5.41) is 31.4. The van der Waals surface area contributed by atoms with Gasteiger partial charge in [0.2, 0.25) is 23.1 Å². The van der Waals surface area contributed by atoms with E-state index in [0.29, 0.717) is 102 Å². The molecule has 4 aromatic carbocycles. The number of nitrogens with one attached hydrogen (secondary N) is 4. The number of carbonyl (C=O) groups excluding carboxylic acids is 4. The van der Waals surface area contributed by atoms with E-state index < -0.39 is 0 Å². The van der Waals surface area contributed by atoms with Gasteiger partial charge in [0.1, 0.15) is 71.6 Å². The maximum Gasteiger partial charge on any atom is 0.208 e. The van der Waals surface area contributed by atoms with Gasteiger partial charge in [-0.15, -0.1) is 51.8 Å². The minimum Gasteiger partial charge on any atom is -0.496 e. The fourth-order valence-electron chi connectivity index (χ4n) is 17.8. The van der Waals surface area contributed by atoms with Crippen molar-refractivity contribution >= 4 is 108 Å². The SMILES string of the molecule is C.C#Cc1ccccc1OC.CC[C@H]1C[C@@H](Nc2ncncc2C(=O)c2cc(Br)cs2)C[C@@H]1C.CC[C@H]1C[C@@H](Nc2ncncc2C(=O)c2cc(C#Cc3ccccc3OC)cs2)C[C@@H]1C.CC[C@H]1C[C@@H](Nc2ncncc2C(=O)c2cc(CCc3ccccc3OC)cs2)C[C@@H]1C.COc1ccccc1CCc1csc(C(=O)c2cncnc2N[C@@H]2C[C@H](CO)[C@@H](C)C2)c1.[CH3-].[HH].[Pd]. The normalized spacial score (nSPS) is 19.4. The summed E-state index contributed by atoms with van der Waals surface area (Å²) >= 11 is 9.16. The Kier molecular flexibility index (Phi) is 41.9. The van der Waals surface area contributed by atoms with E-state index in [1.165, 1.54) is 95.5 Å². The van der Waals surface area contributed by atoms with Gasteiger partial charge in [0, 0.05) is 98.2 Å². The molecule has 12 aromatic rings. The number of halogens is 1. The number of thiophene rings is 4. The first-order valence-corrected chi connectivity index (χ1v) is 48.5. The predicted octanol–water partition coefficient (Wildman–Crippen LogP) is 23.4. The molecule has 700 valence electrons. The Labute approximate surface area is 818 Å². The number of terminal acetylenes is 1. The first-order chi connectivity index (χ1) is 62.7. The van der Waals surface area contributed by atoms with Gasteiger partial charge in [0.15, 0.2) is 0 Å². The van der Waals surface area contributed by atoms with Crippen molar-refractivity contribution in [1.82, 2.24) is 39.9 Å². The smallest absolute Gasteiger partial charge is 0.208 e. The quantitative estimate of drug-likeness (QED) is 0.0121. The molecule has 0 saturated heterocycles. The third-order valence-electron chi connectivity index (χ3n) is 25.0. The zero-order valence-corrected chi connectivity index (χ0v) is 82.8. The second kappa shape index (κ2) is 52.7. The number of anilines is 4. The fourth-order valence-corrected chi connectivity index (χ4v) is 21.7. The molecule has 8 aromatic heterocycles. The molecule has 132 heavy (non-hydrogen) atoms. The molecule has 21 nitrogen and oxygen atoms in total. The van der Waals surface area contributed by atoms with E-state index in [2.05, 4.69) is 161 Å². The van der Waals surface area contributed by atoms with E-state index in [9.17, 15) is 24.3 Å². The fraction of sp³-hybridized carbons (Fsp3) is 0.381. The number of ether oxygens (including phenoxy) is 4. The Bertz CT molecular complexity index is 5670. The van der Waals surface area contributed by atoms with Crippen LogP contribution in [0.15, 0.2) is 197 Å². The topological polar surface area (TPSA) is 277 Å². The molecule has 0 bridgehead atoms. The van der Waals surface area contributed by atoms with Crippen molar-refractivity contribution in [3.05, 3.63) is 286 Å². The monoisotopic (exact) mass is 2010 g/mol. The van der Waals surface area contributed by atoms with Crippen molar-refractivity contribution < 1.29 is 65.1 Å². The van der Waals surface area contributed by atoms with Crippen LogP contribution in [0.25, 0.3) is 0 Å². The van der Waals surface area contributed by atoms with Gasteiger partial charge in [0.05, 0.1) is 81.3 Å². The summed E-state index contributed by atoms with van der Waals surface area (Å²) in [7, 11) is 6.62. The molecule has 4 saturated carbocycles. The number of aromatic nitrogens is 8. The Hall–Kier alpha value is -10.7. The van der Waals surface area contributed by atoms with Gasteiger partial charge in [0.25, 0.3) is 0 Å². The first-order valence-electron chi connectivity index (χ1n) is 44.2. The van der Waals surface area contributed by atoms with E-state index >= 15 is 0 Å². The number of aliphatic hydroxyl groups is 1. The van der Waals surface area contributed by atoms with Crippen molar-refractivity contribution in [2.45, 2.75) is 176 Å². The van der Waals surface area contributed by atoms with E-state index in [4.69, 9.17) is 25.4 Å². The second-order valence-electron chi connectivity index (χ2n) is 33.4. The number of carbonyl (C=O) groups is 4. The van der Waals surface area contributed by atoms with Crippen molar-refractivity contribution in [2.75, 3.05) is 56.3 Å². The Morgan fingerprint density at radius 2 is 0.750 bits per heavy atom. The number of hydrogen-bond donors (Lipinski definition) is 5. The molecule has 4 fully saturated rings. The second-order valence-corrected chi connectivity index (χ2v) is 38.0. The maximum absolute atomic E-state index is 13.3. The molecule has 0 amide bonds. The number of benzene rings is 4. The van der Waals surface area contributed by atoms with Crippen molar-refractivity contribution in [3.8, 4) is 47.2 Å². The first kappa shape index (κ1) is 105. The van der Waals surface area contributed by atoms with Crippen LogP contribution in [0, 0.1) is 79.0 Å². The number of nitrogens with zero attached hydrogens (tertiary/aromatic N) is 8. The summed E-state index contributed by atoms with van der Waals surface area (Å²) in [4.78, 5) is 89.0. The van der Waals surface area contributed by atoms with Crippen molar-refractivity contribution in [3.63, 3.8) is 0 Å². The summed E-state index contributed by atoms with van der Waals surface area (Å²) < 4.78 is 22.2. The Morgan fingerprint density at radius 3 is 1.08 bits per heavy atom. The number of para-hydroxylation sites is 4. The zero-order chi connectivity index (χ0) is 91.3. The van der Waals surface area contributed by atoms with Crippen LogP contribution in [0.4, 0.5) is 23.3 Å².